The molecule has 4 rings (SSSR count). The molecule has 1 amide bonds. The highest BCUT2D eigenvalue weighted by Gasteiger charge is 2.37. The summed E-state index contributed by atoms with van der Waals surface area (Å²) in [5, 5.41) is 8.51. The Morgan fingerprint density at radius 3 is 2.65 bits per heavy atom. The number of anilines is 2. The van der Waals surface area contributed by atoms with E-state index in [0.717, 1.165) is 26.5 Å². The van der Waals surface area contributed by atoms with Gasteiger partial charge in [0, 0.05) is 35.9 Å². The van der Waals surface area contributed by atoms with Crippen molar-refractivity contribution in [3.05, 3.63) is 30.1 Å². The second kappa shape index (κ2) is 10.3. The highest BCUT2D eigenvalue weighted by Crippen LogP contribution is 2.42. The van der Waals surface area contributed by atoms with Gasteiger partial charge in [0.15, 0.2) is 12.4 Å². The van der Waals surface area contributed by atoms with E-state index in [2.05, 4.69) is 35.6 Å². The van der Waals surface area contributed by atoms with Gasteiger partial charge in [0.05, 0.1) is 24.0 Å². The van der Waals surface area contributed by atoms with Crippen LogP contribution in [-0.2, 0) is 10.9 Å². The Labute approximate surface area is 205 Å². The van der Waals surface area contributed by atoms with Crippen molar-refractivity contribution in [3.63, 3.8) is 0 Å². The minimum Gasteiger partial charge on any atom is -0.480 e. The molecule has 1 aliphatic heterocycles. The fourth-order valence-electron chi connectivity index (χ4n) is 3.95. The lowest BCUT2D eigenvalue weighted by Crippen LogP contribution is -2.38. The highest BCUT2D eigenvalue weighted by molar-refractivity contribution is 6.03. The molecule has 1 aromatic carbocycles. The van der Waals surface area contributed by atoms with E-state index >= 15 is 0 Å². The van der Waals surface area contributed by atoms with Crippen molar-refractivity contribution in [3.8, 4) is 17.0 Å². The van der Waals surface area contributed by atoms with Crippen LogP contribution in [0.15, 0.2) is 24.5 Å². The maximum absolute atomic E-state index is 13.9. The summed E-state index contributed by atoms with van der Waals surface area (Å²) in [5.41, 5.74) is -1.91. The minimum absolute atomic E-state index is 0.0245. The quantitative estimate of drug-likeness (QED) is 0.333. The number of ether oxygens (including phenoxy) is 2. The van der Waals surface area contributed by atoms with Gasteiger partial charge in [-0.3, -0.25) is 5.32 Å². The molecule has 3 aromatic rings. The Balaban J connectivity index is 1.81. The van der Waals surface area contributed by atoms with E-state index in [1.807, 2.05) is 0 Å². The number of nitrogens with zero attached hydrogens (tertiary/aromatic N) is 2. The molecule has 1 atom stereocenters. The molecular formula is C22H22F6N6O3. The Morgan fingerprint density at radius 2 is 2.00 bits per heavy atom. The Hall–Kier alpha value is -3.75. The third kappa shape index (κ3) is 6.15. The van der Waals surface area contributed by atoms with E-state index in [4.69, 9.17) is 4.74 Å². The number of hydrogen-bond acceptors (Lipinski definition) is 7. The molecule has 0 radical (unpaired) electrons. The van der Waals surface area contributed by atoms with Crippen LogP contribution in [0.2, 0.25) is 0 Å². The number of carbonyl (C=O) groups excluding carboxylic acids is 1. The molecule has 9 nitrogen and oxygen atoms in total. The van der Waals surface area contributed by atoms with Gasteiger partial charge in [-0.05, 0) is 31.5 Å². The zero-order valence-corrected chi connectivity index (χ0v) is 19.3. The lowest BCUT2D eigenvalue weighted by Gasteiger charge is -2.24. The van der Waals surface area contributed by atoms with Crippen molar-refractivity contribution in [2.24, 2.45) is 0 Å². The fourth-order valence-corrected chi connectivity index (χ4v) is 3.95. The third-order valence-corrected chi connectivity index (χ3v) is 5.59. The van der Waals surface area contributed by atoms with E-state index in [1.54, 1.807) is 0 Å². The van der Waals surface area contributed by atoms with Crippen LogP contribution in [0.4, 0.5) is 42.8 Å². The Morgan fingerprint density at radius 1 is 1.22 bits per heavy atom. The zero-order chi connectivity index (χ0) is 26.8. The molecule has 0 bridgehead atoms. The van der Waals surface area contributed by atoms with Crippen LogP contribution in [0, 0.1) is 0 Å². The molecule has 200 valence electrons. The summed E-state index contributed by atoms with van der Waals surface area (Å²) in [5.74, 6) is -0.454. The summed E-state index contributed by atoms with van der Waals surface area (Å²) in [6.07, 6.45) is -7.03. The molecule has 0 spiro atoms. The van der Waals surface area contributed by atoms with E-state index in [9.17, 15) is 31.1 Å². The first-order chi connectivity index (χ1) is 17.5. The number of hydrogen-bond donors (Lipinski definition) is 4. The van der Waals surface area contributed by atoms with Crippen molar-refractivity contribution in [1.82, 2.24) is 20.3 Å². The topological polar surface area (TPSA) is 113 Å². The first kappa shape index (κ1) is 26.3. The van der Waals surface area contributed by atoms with Gasteiger partial charge in [0.2, 0.25) is 5.95 Å². The number of alkyl halides is 6. The predicted molar refractivity (Wildman–Crippen MR) is 121 cm³/mol. The van der Waals surface area contributed by atoms with Gasteiger partial charge in [-0.25, -0.2) is 14.8 Å². The van der Waals surface area contributed by atoms with Crippen LogP contribution >= 0.6 is 0 Å². The Bertz CT molecular complexity index is 1270. The first-order valence-corrected chi connectivity index (χ1v) is 11.1. The van der Waals surface area contributed by atoms with E-state index in [0.29, 0.717) is 12.7 Å². The summed E-state index contributed by atoms with van der Waals surface area (Å²) < 4.78 is 89.7. The number of methoxy groups -OCH3 is 1. The van der Waals surface area contributed by atoms with Crippen molar-refractivity contribution in [2.75, 3.05) is 37.4 Å². The second-order valence-electron chi connectivity index (χ2n) is 8.23. The summed E-state index contributed by atoms with van der Waals surface area (Å²) in [6.45, 7) is -0.290. The van der Waals surface area contributed by atoms with Crippen LogP contribution in [0.3, 0.4) is 0 Å². The van der Waals surface area contributed by atoms with Crippen LogP contribution < -0.4 is 20.7 Å². The number of fused-ring (bicyclic) bond motifs is 1. The number of nitrogens with one attached hydrogen (secondary N) is 4. The lowest BCUT2D eigenvalue weighted by molar-refractivity contribution is -0.153. The standard InChI is InChI=1S/C22H22F6N6O3/c1-36-20(35)33-15-5-4-12-13(8-30-17(12)18(15)37-10-21(23,24)25)16-14(22(26,27)28)9-31-19(34-16)32-11-3-2-6-29-7-11/h4-5,8-9,11,29-30H,2-3,6-7,10H2,1H3,(H,33,35)(H,31,32,34). The molecule has 37 heavy (non-hydrogen) atoms. The van der Waals surface area contributed by atoms with E-state index < -0.39 is 42.1 Å². The maximum atomic E-state index is 13.9. The second-order valence-corrected chi connectivity index (χ2v) is 8.23. The average molecular weight is 532 g/mol. The van der Waals surface area contributed by atoms with Crippen molar-refractivity contribution < 1.29 is 40.6 Å². The molecule has 1 unspecified atom stereocenters. The van der Waals surface area contributed by atoms with Crippen molar-refractivity contribution in [2.45, 2.75) is 31.2 Å². The molecule has 15 heteroatoms. The maximum Gasteiger partial charge on any atom is 0.422 e. The van der Waals surface area contributed by atoms with Gasteiger partial charge in [-0.1, -0.05) is 0 Å². The molecule has 3 heterocycles. The number of piperidine rings is 1. The van der Waals surface area contributed by atoms with E-state index in [1.165, 1.54) is 18.3 Å². The third-order valence-electron chi connectivity index (χ3n) is 5.59. The zero-order valence-electron chi connectivity index (χ0n) is 19.3. The summed E-state index contributed by atoms with van der Waals surface area (Å²) >= 11 is 0. The number of halogens is 6. The van der Waals surface area contributed by atoms with Gasteiger partial charge >= 0.3 is 18.4 Å². The Kier molecular flexibility index (Phi) is 7.34. The lowest BCUT2D eigenvalue weighted by atomic mass is 10.0. The van der Waals surface area contributed by atoms with Crippen LogP contribution in [0.25, 0.3) is 22.2 Å². The number of H-pyrrole nitrogens is 1. The molecule has 0 aliphatic carbocycles. The fraction of sp³-hybridized carbons (Fsp3) is 0.409. The van der Waals surface area contributed by atoms with Crippen LogP contribution in [-0.4, -0.2) is 60.1 Å². The van der Waals surface area contributed by atoms with Gasteiger partial charge in [0.25, 0.3) is 0 Å². The normalized spacial score (nSPS) is 16.5. The monoisotopic (exact) mass is 532 g/mol. The van der Waals surface area contributed by atoms with Gasteiger partial charge < -0.3 is 25.1 Å². The number of amides is 1. The van der Waals surface area contributed by atoms with Gasteiger partial charge in [-0.2, -0.15) is 26.3 Å². The molecule has 1 aliphatic rings. The van der Waals surface area contributed by atoms with Crippen molar-refractivity contribution >= 4 is 28.6 Å². The number of carbonyl (C=O) groups is 1. The molecule has 2 aromatic heterocycles. The van der Waals surface area contributed by atoms with Gasteiger partial charge in [0.1, 0.15) is 5.56 Å². The van der Waals surface area contributed by atoms with Gasteiger partial charge in [-0.15, -0.1) is 0 Å². The number of aromatic amines is 1. The minimum atomic E-state index is -4.81. The summed E-state index contributed by atoms with van der Waals surface area (Å²) in [4.78, 5) is 22.3. The summed E-state index contributed by atoms with van der Waals surface area (Å²) in [7, 11) is 1.06. The van der Waals surface area contributed by atoms with Crippen LogP contribution in [0.1, 0.15) is 18.4 Å². The molecule has 0 saturated carbocycles. The largest absolute Gasteiger partial charge is 0.480 e. The molecule has 1 saturated heterocycles. The van der Waals surface area contributed by atoms with Crippen molar-refractivity contribution in [1.29, 1.82) is 0 Å². The number of benzene rings is 1. The smallest absolute Gasteiger partial charge is 0.422 e. The highest BCUT2D eigenvalue weighted by atomic mass is 19.4. The molecular weight excluding hydrogens is 510 g/mol. The summed E-state index contributed by atoms with van der Waals surface area (Å²) in [6, 6.07) is 2.44. The predicted octanol–water partition coefficient (Wildman–Crippen LogP) is 4.93. The molecule has 4 N–H and O–H groups in total. The SMILES string of the molecule is COC(=O)Nc1ccc2c(-c3nc(NC4CCCNC4)ncc3C(F)(F)F)c[nH]c2c1OCC(F)(F)F. The van der Waals surface area contributed by atoms with E-state index in [-0.39, 0.29) is 34.1 Å². The number of aromatic nitrogens is 3. The first-order valence-electron chi connectivity index (χ1n) is 11.1. The molecule has 1 fully saturated rings. The number of rotatable bonds is 6. The van der Waals surface area contributed by atoms with Crippen LogP contribution in [0.5, 0.6) is 5.75 Å². The average Bonchev–Trinajstić information content (AvgIpc) is 3.26.